The predicted molar refractivity (Wildman–Crippen MR) is 50.0 cm³/mol. The minimum absolute atomic E-state index is 0.141. The van der Waals surface area contributed by atoms with E-state index in [1.807, 2.05) is 6.92 Å². The van der Waals surface area contributed by atoms with Gasteiger partial charge in [-0.1, -0.05) is 25.2 Å². The maximum absolute atomic E-state index is 10.8. The molecule has 0 atom stereocenters. The molecule has 0 aromatic rings. The summed E-state index contributed by atoms with van der Waals surface area (Å²) in [5.41, 5.74) is 0. The number of carbonyl (C=O) groups excluding carboxylic acids is 2. The van der Waals surface area contributed by atoms with E-state index in [0.717, 1.165) is 6.42 Å². The topological polar surface area (TPSA) is 43.4 Å². The zero-order valence-electron chi connectivity index (χ0n) is 7.95. The lowest BCUT2D eigenvalue weighted by Gasteiger charge is -1.95. The highest BCUT2D eigenvalue weighted by Gasteiger charge is 2.04. The van der Waals surface area contributed by atoms with Crippen LogP contribution >= 0.6 is 0 Å². The molecule has 0 aliphatic carbocycles. The van der Waals surface area contributed by atoms with Gasteiger partial charge in [-0.3, -0.25) is 4.79 Å². The van der Waals surface area contributed by atoms with Crippen molar-refractivity contribution in [2.75, 3.05) is 0 Å². The van der Waals surface area contributed by atoms with Crippen molar-refractivity contribution in [1.82, 2.24) is 0 Å². The van der Waals surface area contributed by atoms with Crippen molar-refractivity contribution in [2.45, 2.75) is 26.7 Å². The summed E-state index contributed by atoms with van der Waals surface area (Å²) in [4.78, 5) is 21.7. The third-order valence-corrected chi connectivity index (χ3v) is 1.22. The summed E-state index contributed by atoms with van der Waals surface area (Å²) in [7, 11) is 0. The fraction of sp³-hybridized carbons (Fsp3) is 0.400. The van der Waals surface area contributed by atoms with Crippen molar-refractivity contribution in [3.8, 4) is 0 Å². The minimum Gasteiger partial charge on any atom is -0.390 e. The normalized spacial score (nSPS) is 10.9. The van der Waals surface area contributed by atoms with E-state index < -0.39 is 11.9 Å². The van der Waals surface area contributed by atoms with E-state index in [1.54, 1.807) is 25.2 Å². The average molecular weight is 182 g/mol. The first-order chi connectivity index (χ1) is 6.20. The standard InChI is InChI=1S/C10H14O3/c1-3-5-7-9(11)13-10(12)8-6-4-2/h3,5-6,8H,4,7H2,1-2H3/b5-3+,8-6+. The first kappa shape index (κ1) is 11.6. The van der Waals surface area contributed by atoms with Gasteiger partial charge in [-0.2, -0.15) is 0 Å². The number of carbonyl (C=O) groups is 2. The van der Waals surface area contributed by atoms with E-state index in [9.17, 15) is 9.59 Å². The molecule has 3 nitrogen and oxygen atoms in total. The Labute approximate surface area is 78.1 Å². The fourth-order valence-electron chi connectivity index (χ4n) is 0.616. The van der Waals surface area contributed by atoms with Gasteiger partial charge in [-0.05, 0) is 13.3 Å². The smallest absolute Gasteiger partial charge is 0.338 e. The summed E-state index contributed by atoms with van der Waals surface area (Å²) in [6.07, 6.45) is 7.16. The van der Waals surface area contributed by atoms with Crippen molar-refractivity contribution in [3.63, 3.8) is 0 Å². The second kappa shape index (κ2) is 7.28. The summed E-state index contributed by atoms with van der Waals surface area (Å²) >= 11 is 0. The van der Waals surface area contributed by atoms with Crippen molar-refractivity contribution in [2.24, 2.45) is 0 Å². The maximum atomic E-state index is 10.8. The van der Waals surface area contributed by atoms with E-state index in [0.29, 0.717) is 0 Å². The van der Waals surface area contributed by atoms with Crippen LogP contribution in [-0.4, -0.2) is 11.9 Å². The highest BCUT2D eigenvalue weighted by atomic mass is 16.6. The predicted octanol–water partition coefficient (Wildman–Crippen LogP) is 1.99. The fourth-order valence-corrected chi connectivity index (χ4v) is 0.616. The Bertz CT molecular complexity index is 226. The zero-order valence-corrected chi connectivity index (χ0v) is 7.95. The Hall–Kier alpha value is -1.38. The van der Waals surface area contributed by atoms with E-state index in [1.165, 1.54) is 6.08 Å². The quantitative estimate of drug-likeness (QED) is 0.289. The SMILES string of the molecule is C/C=C/CC(=O)OC(=O)/C=C/CC. The lowest BCUT2D eigenvalue weighted by molar-refractivity contribution is -0.155. The Kier molecular flexibility index (Phi) is 6.51. The van der Waals surface area contributed by atoms with Crippen LogP contribution in [0.2, 0.25) is 0 Å². The van der Waals surface area contributed by atoms with Crippen LogP contribution in [0.15, 0.2) is 24.3 Å². The van der Waals surface area contributed by atoms with Gasteiger partial charge in [-0.25, -0.2) is 4.79 Å². The highest BCUT2D eigenvalue weighted by Crippen LogP contribution is 1.91. The Morgan fingerprint density at radius 1 is 1.31 bits per heavy atom. The number of hydrogen-bond acceptors (Lipinski definition) is 3. The van der Waals surface area contributed by atoms with Crippen LogP contribution in [0.5, 0.6) is 0 Å². The molecule has 0 radical (unpaired) electrons. The molecule has 0 spiro atoms. The molecule has 0 saturated heterocycles. The van der Waals surface area contributed by atoms with Gasteiger partial charge in [0.2, 0.25) is 0 Å². The molecule has 0 aromatic heterocycles. The molecule has 0 bridgehead atoms. The maximum Gasteiger partial charge on any atom is 0.338 e. The van der Waals surface area contributed by atoms with Crippen LogP contribution < -0.4 is 0 Å². The largest absolute Gasteiger partial charge is 0.390 e. The van der Waals surface area contributed by atoms with Gasteiger partial charge in [0.05, 0.1) is 6.42 Å². The molecule has 0 heterocycles. The molecule has 0 N–H and O–H groups in total. The van der Waals surface area contributed by atoms with E-state index in [2.05, 4.69) is 4.74 Å². The summed E-state index contributed by atoms with van der Waals surface area (Å²) in [6.45, 7) is 3.69. The molecule has 3 heteroatoms. The van der Waals surface area contributed by atoms with E-state index in [4.69, 9.17) is 0 Å². The van der Waals surface area contributed by atoms with Gasteiger partial charge < -0.3 is 4.74 Å². The minimum atomic E-state index is -0.601. The highest BCUT2D eigenvalue weighted by molar-refractivity contribution is 5.92. The van der Waals surface area contributed by atoms with Crippen molar-refractivity contribution in [1.29, 1.82) is 0 Å². The van der Waals surface area contributed by atoms with Crippen molar-refractivity contribution < 1.29 is 14.3 Å². The number of esters is 2. The molecule has 0 rings (SSSR count). The van der Waals surface area contributed by atoms with Gasteiger partial charge in [0.25, 0.3) is 0 Å². The Morgan fingerprint density at radius 2 is 2.00 bits per heavy atom. The van der Waals surface area contributed by atoms with Crippen LogP contribution in [0.1, 0.15) is 26.7 Å². The van der Waals surface area contributed by atoms with Crippen molar-refractivity contribution in [3.05, 3.63) is 24.3 Å². The molecule has 0 aliphatic rings. The first-order valence-electron chi connectivity index (χ1n) is 4.23. The van der Waals surface area contributed by atoms with Gasteiger partial charge in [-0.15, -0.1) is 0 Å². The summed E-state index contributed by atoms with van der Waals surface area (Å²) in [5, 5.41) is 0. The lowest BCUT2D eigenvalue weighted by Crippen LogP contribution is -2.08. The monoisotopic (exact) mass is 182 g/mol. The third kappa shape index (κ3) is 7.00. The molecule has 0 aliphatic heterocycles. The van der Waals surface area contributed by atoms with E-state index >= 15 is 0 Å². The molecule has 72 valence electrons. The molecular formula is C10H14O3. The summed E-state index contributed by atoms with van der Waals surface area (Å²) < 4.78 is 4.44. The van der Waals surface area contributed by atoms with Crippen LogP contribution in [-0.2, 0) is 14.3 Å². The molecule has 0 saturated carbocycles. The van der Waals surface area contributed by atoms with Crippen LogP contribution in [0.25, 0.3) is 0 Å². The second-order valence-corrected chi connectivity index (χ2v) is 2.38. The first-order valence-corrected chi connectivity index (χ1v) is 4.23. The second-order valence-electron chi connectivity index (χ2n) is 2.38. The molecule has 13 heavy (non-hydrogen) atoms. The summed E-state index contributed by atoms with van der Waals surface area (Å²) in [6, 6.07) is 0. The number of allylic oxidation sites excluding steroid dienone is 2. The third-order valence-electron chi connectivity index (χ3n) is 1.22. The van der Waals surface area contributed by atoms with Gasteiger partial charge in [0.15, 0.2) is 0 Å². The van der Waals surface area contributed by atoms with Crippen LogP contribution in [0, 0.1) is 0 Å². The number of rotatable bonds is 4. The van der Waals surface area contributed by atoms with Gasteiger partial charge >= 0.3 is 11.9 Å². The molecule has 0 fully saturated rings. The number of hydrogen-bond donors (Lipinski definition) is 0. The van der Waals surface area contributed by atoms with Gasteiger partial charge in [0, 0.05) is 6.08 Å². The van der Waals surface area contributed by atoms with E-state index in [-0.39, 0.29) is 6.42 Å². The number of ether oxygens (including phenoxy) is 1. The van der Waals surface area contributed by atoms with Crippen molar-refractivity contribution >= 4 is 11.9 Å². The van der Waals surface area contributed by atoms with Gasteiger partial charge in [0.1, 0.15) is 0 Å². The Morgan fingerprint density at radius 3 is 2.54 bits per heavy atom. The zero-order chi connectivity index (χ0) is 10.1. The average Bonchev–Trinajstić information content (AvgIpc) is 2.11. The molecule has 0 unspecified atom stereocenters. The Balaban J connectivity index is 3.78. The molecular weight excluding hydrogens is 168 g/mol. The molecule has 0 aromatic carbocycles. The summed E-state index contributed by atoms with van der Waals surface area (Å²) in [5.74, 6) is -1.12. The lowest BCUT2D eigenvalue weighted by atomic mass is 10.4. The van der Waals surface area contributed by atoms with Crippen LogP contribution in [0.4, 0.5) is 0 Å². The van der Waals surface area contributed by atoms with Crippen LogP contribution in [0.3, 0.4) is 0 Å². The molecule has 0 amide bonds.